The van der Waals surface area contributed by atoms with E-state index >= 15 is 0 Å². The second-order valence-corrected chi connectivity index (χ2v) is 21.6. The molecule has 1 fully saturated rings. The number of aliphatic hydroxyl groups excluding tert-OH is 3. The summed E-state index contributed by atoms with van der Waals surface area (Å²) in [6.07, 6.45) is 53.2. The van der Waals surface area contributed by atoms with Gasteiger partial charge in [-0.25, -0.2) is 4.18 Å². The van der Waals surface area contributed by atoms with Gasteiger partial charge >= 0.3 is 16.4 Å². The van der Waals surface area contributed by atoms with Gasteiger partial charge in [-0.2, -0.15) is 8.42 Å². The first-order valence-corrected chi connectivity index (χ1v) is 31.1. The minimum Gasteiger partial charge on any atom is -0.457 e. The third kappa shape index (κ3) is 42.5. The lowest BCUT2D eigenvalue weighted by Crippen LogP contribution is -2.60. The highest BCUT2D eigenvalue weighted by molar-refractivity contribution is 7.80. The average Bonchev–Trinajstić information content (AvgIpc) is 3.36. The number of carbonyl (C=O) groups is 1. The maximum atomic E-state index is 13.0. The Balaban J connectivity index is 2.27. The summed E-state index contributed by atoms with van der Waals surface area (Å²) in [6, 6.07) is 0. The van der Waals surface area contributed by atoms with Gasteiger partial charge in [0.2, 0.25) is 0 Å². The second kappa shape index (κ2) is 50.2. The fraction of sp³-hybridized carbons (Fsp3) is 0.881. The molecule has 0 aromatic heterocycles. The lowest BCUT2D eigenvalue weighted by atomic mass is 9.99. The molecule has 0 amide bonds. The van der Waals surface area contributed by atoms with Crippen LogP contribution in [0.25, 0.3) is 0 Å². The number of ether oxygens (including phenoxy) is 4. The van der Waals surface area contributed by atoms with E-state index in [0.717, 1.165) is 51.4 Å². The number of aliphatic hydroxyl groups is 3. The van der Waals surface area contributed by atoms with Gasteiger partial charge in [0.05, 0.1) is 19.8 Å². The molecule has 0 aliphatic carbocycles. The predicted octanol–water partition coefficient (Wildman–Crippen LogP) is 14.9. The topological polar surface area (TPSA) is 178 Å². The predicted molar refractivity (Wildman–Crippen MR) is 294 cm³/mol. The molecule has 0 spiro atoms. The van der Waals surface area contributed by atoms with Crippen LogP contribution in [0.2, 0.25) is 0 Å². The van der Waals surface area contributed by atoms with Crippen LogP contribution in [0, 0.1) is 0 Å². The van der Waals surface area contributed by atoms with E-state index in [2.05, 4.69) is 54.5 Å². The van der Waals surface area contributed by atoms with Crippen LogP contribution in [0.3, 0.4) is 0 Å². The summed E-state index contributed by atoms with van der Waals surface area (Å²) < 4.78 is 59.5. The normalized spacial score (nSPS) is 19.1. The van der Waals surface area contributed by atoms with Gasteiger partial charge in [0.15, 0.2) is 6.29 Å². The number of rotatable bonds is 53. The first kappa shape index (κ1) is 68.3. The van der Waals surface area contributed by atoms with Crippen LogP contribution in [0.15, 0.2) is 36.5 Å². The van der Waals surface area contributed by atoms with Crippen molar-refractivity contribution in [2.75, 3.05) is 26.4 Å². The minimum absolute atomic E-state index is 0.0375. The lowest BCUT2D eigenvalue weighted by molar-refractivity contribution is -0.301. The van der Waals surface area contributed by atoms with Crippen LogP contribution in [-0.4, -0.2) is 97.5 Å². The zero-order valence-corrected chi connectivity index (χ0v) is 46.8. The third-order valence-corrected chi connectivity index (χ3v) is 14.2. The Hall–Kier alpha value is -1.68. The molecular weight excluding hydrogens is 933 g/mol. The SMILES string of the molecule is CCCCCCC/C=C\C/C=C\C/C=C\CCCCCCCCCCCCCOCC(COC1OC(CO)C(O)C(OS(=O)(=O)O)C1O)OC(=O)CCCCCCCCCCCCCCCCCCCCC. The summed E-state index contributed by atoms with van der Waals surface area (Å²) in [5.74, 6) is -0.394. The maximum Gasteiger partial charge on any atom is 0.397 e. The number of allylic oxidation sites excluding steroid dienone is 6. The smallest absolute Gasteiger partial charge is 0.397 e. The molecule has 0 bridgehead atoms. The van der Waals surface area contributed by atoms with Crippen molar-refractivity contribution in [3.63, 3.8) is 0 Å². The number of hydrogen-bond acceptors (Lipinski definition) is 11. The van der Waals surface area contributed by atoms with Crippen molar-refractivity contribution in [1.82, 2.24) is 0 Å². The molecule has 12 nitrogen and oxygen atoms in total. The Morgan fingerprint density at radius 2 is 0.917 bits per heavy atom. The van der Waals surface area contributed by atoms with Gasteiger partial charge in [0.25, 0.3) is 0 Å². The number of unbranched alkanes of at least 4 members (excludes halogenated alkanes) is 34. The first-order valence-electron chi connectivity index (χ1n) is 29.7. The van der Waals surface area contributed by atoms with E-state index in [4.69, 9.17) is 18.9 Å². The van der Waals surface area contributed by atoms with E-state index in [1.807, 2.05) is 0 Å². The second-order valence-electron chi connectivity index (χ2n) is 20.6. The van der Waals surface area contributed by atoms with Crippen molar-refractivity contribution >= 4 is 16.4 Å². The molecule has 0 radical (unpaired) electrons. The molecule has 424 valence electrons. The highest BCUT2D eigenvalue weighted by Crippen LogP contribution is 2.26. The Bertz CT molecular complexity index is 1390. The van der Waals surface area contributed by atoms with Gasteiger partial charge in [-0.15, -0.1) is 0 Å². The third-order valence-electron chi connectivity index (χ3n) is 13.8. The van der Waals surface area contributed by atoms with Crippen molar-refractivity contribution in [1.29, 1.82) is 0 Å². The van der Waals surface area contributed by atoms with Crippen LogP contribution < -0.4 is 0 Å². The molecule has 72 heavy (non-hydrogen) atoms. The highest BCUT2D eigenvalue weighted by Gasteiger charge is 2.48. The van der Waals surface area contributed by atoms with Crippen LogP contribution in [-0.2, 0) is 38.3 Å². The molecule has 1 heterocycles. The maximum absolute atomic E-state index is 13.0. The zero-order valence-electron chi connectivity index (χ0n) is 46.0. The molecule has 6 unspecified atom stereocenters. The summed E-state index contributed by atoms with van der Waals surface area (Å²) >= 11 is 0. The van der Waals surface area contributed by atoms with Gasteiger partial charge in [0, 0.05) is 13.0 Å². The van der Waals surface area contributed by atoms with Gasteiger partial charge < -0.3 is 34.3 Å². The fourth-order valence-electron chi connectivity index (χ4n) is 9.27. The molecule has 6 atom stereocenters. The molecule has 13 heteroatoms. The molecule has 1 saturated heterocycles. The van der Waals surface area contributed by atoms with E-state index in [-0.39, 0.29) is 19.6 Å². The summed E-state index contributed by atoms with van der Waals surface area (Å²) in [4.78, 5) is 13.0. The van der Waals surface area contributed by atoms with Crippen molar-refractivity contribution in [2.45, 2.75) is 307 Å². The number of carbonyl (C=O) groups excluding carboxylic acids is 1. The standard InChI is InChI=1S/C59H110O12S/c1-3-5-7-9-11-13-15-17-19-21-23-24-25-26-27-28-29-31-33-35-37-39-41-43-45-47-49-67-51-53(52-68-59-57(63)58(71-72(64,65)66)56(62)54(50-60)70-59)69-55(61)48-46-44-42-40-38-36-34-32-30-22-20-18-16-14-12-10-8-6-4-2/h15,17,21,23,25-26,53-54,56-60,62-63H,3-14,16,18-20,22,24,27-52H2,1-2H3,(H,64,65,66)/b17-15-,23-21-,26-25-. The summed E-state index contributed by atoms with van der Waals surface area (Å²) in [5.41, 5.74) is 0. The van der Waals surface area contributed by atoms with E-state index < -0.39 is 59.8 Å². The van der Waals surface area contributed by atoms with Crippen LogP contribution >= 0.6 is 0 Å². The van der Waals surface area contributed by atoms with Crippen molar-refractivity contribution < 1.29 is 56.2 Å². The number of hydrogen-bond donors (Lipinski definition) is 4. The average molecular weight is 1040 g/mol. The minimum atomic E-state index is -5.07. The zero-order chi connectivity index (χ0) is 52.4. The monoisotopic (exact) mass is 1040 g/mol. The molecular formula is C59H110O12S. The molecule has 4 N–H and O–H groups in total. The van der Waals surface area contributed by atoms with Crippen molar-refractivity contribution in [3.8, 4) is 0 Å². The van der Waals surface area contributed by atoms with Gasteiger partial charge in [-0.3, -0.25) is 9.35 Å². The Morgan fingerprint density at radius 3 is 1.33 bits per heavy atom. The summed E-state index contributed by atoms with van der Waals surface area (Å²) in [5, 5.41) is 30.9. The van der Waals surface area contributed by atoms with Crippen LogP contribution in [0.5, 0.6) is 0 Å². The van der Waals surface area contributed by atoms with Crippen LogP contribution in [0.4, 0.5) is 0 Å². The molecule has 0 aromatic rings. The molecule has 1 aliphatic heterocycles. The molecule has 1 rings (SSSR count). The highest BCUT2D eigenvalue weighted by atomic mass is 32.3. The lowest BCUT2D eigenvalue weighted by Gasteiger charge is -2.41. The van der Waals surface area contributed by atoms with Crippen LogP contribution in [0.1, 0.15) is 271 Å². The largest absolute Gasteiger partial charge is 0.457 e. The quantitative estimate of drug-likeness (QED) is 0.0196. The Labute approximate surface area is 441 Å². The van der Waals surface area contributed by atoms with E-state index in [1.54, 1.807) is 0 Å². The fourth-order valence-corrected chi connectivity index (χ4v) is 9.78. The molecule has 0 aromatic carbocycles. The Kier molecular flexibility index (Phi) is 47.6. The van der Waals surface area contributed by atoms with Crippen molar-refractivity contribution in [2.24, 2.45) is 0 Å². The summed E-state index contributed by atoms with van der Waals surface area (Å²) in [7, 11) is -5.07. The van der Waals surface area contributed by atoms with Gasteiger partial charge in [-0.1, -0.05) is 249 Å². The van der Waals surface area contributed by atoms with E-state index in [1.165, 1.54) is 193 Å². The van der Waals surface area contributed by atoms with Crippen molar-refractivity contribution in [3.05, 3.63) is 36.5 Å². The number of esters is 1. The van der Waals surface area contributed by atoms with Gasteiger partial charge in [-0.05, 0) is 51.4 Å². The van der Waals surface area contributed by atoms with E-state index in [0.29, 0.717) is 13.0 Å². The first-order chi connectivity index (χ1) is 35.1. The van der Waals surface area contributed by atoms with E-state index in [9.17, 15) is 33.1 Å². The summed E-state index contributed by atoms with van der Waals surface area (Å²) in [6.45, 7) is 4.03. The Morgan fingerprint density at radius 1 is 0.528 bits per heavy atom. The van der Waals surface area contributed by atoms with Gasteiger partial charge in [0.1, 0.15) is 30.5 Å². The molecule has 0 saturated carbocycles. The molecule has 1 aliphatic rings.